The first kappa shape index (κ1) is 21.7. The summed E-state index contributed by atoms with van der Waals surface area (Å²) in [5.41, 5.74) is 2.71. The monoisotopic (exact) mass is 438 g/mol. The van der Waals surface area contributed by atoms with E-state index in [4.69, 9.17) is 0 Å². The minimum absolute atomic E-state index is 0.265. The summed E-state index contributed by atoms with van der Waals surface area (Å²) in [5.74, 6) is -3.05. The fourth-order valence-electron chi connectivity index (χ4n) is 4.09. The summed E-state index contributed by atoms with van der Waals surface area (Å²) < 4.78 is 30.1. The average Bonchev–Trinajstić information content (AvgIpc) is 3.12. The van der Waals surface area contributed by atoms with E-state index < -0.39 is 29.1 Å². The summed E-state index contributed by atoms with van der Waals surface area (Å²) in [5, 5.41) is 7.27. The standard InChI is InChI=1S/C24H24F2N4O2/c1-15-14-16(2)30(28-15)18-11-9-17(10-12-18)27-23(31)21-8-3-4-13-29(21)24(32)22-19(25)6-5-7-20(22)26/h5-7,9-12,14,21H,3-4,8,13H2,1-2H3,(H,27,31). The molecule has 1 aromatic heterocycles. The number of aryl methyl sites for hydroxylation is 2. The Morgan fingerprint density at radius 3 is 2.34 bits per heavy atom. The number of rotatable bonds is 4. The molecular weight excluding hydrogens is 414 g/mol. The predicted octanol–water partition coefficient (Wildman–Crippen LogP) is 4.40. The van der Waals surface area contributed by atoms with E-state index in [9.17, 15) is 18.4 Å². The van der Waals surface area contributed by atoms with Crippen LogP contribution in [-0.2, 0) is 4.79 Å². The van der Waals surface area contributed by atoms with Gasteiger partial charge in [0.1, 0.15) is 23.2 Å². The third kappa shape index (κ3) is 4.26. The second-order valence-electron chi connectivity index (χ2n) is 7.98. The second-order valence-corrected chi connectivity index (χ2v) is 7.98. The molecule has 0 bridgehead atoms. The third-order valence-electron chi connectivity index (χ3n) is 5.63. The molecule has 1 atom stereocenters. The van der Waals surface area contributed by atoms with Crippen molar-refractivity contribution in [3.05, 3.63) is 77.1 Å². The molecule has 4 rings (SSSR count). The van der Waals surface area contributed by atoms with Crippen molar-refractivity contribution in [3.63, 3.8) is 0 Å². The largest absolute Gasteiger partial charge is 0.326 e. The van der Waals surface area contributed by atoms with E-state index in [1.165, 1.54) is 11.0 Å². The minimum Gasteiger partial charge on any atom is -0.326 e. The highest BCUT2D eigenvalue weighted by atomic mass is 19.1. The summed E-state index contributed by atoms with van der Waals surface area (Å²) in [4.78, 5) is 27.2. The molecule has 1 aliphatic rings. The normalized spacial score (nSPS) is 16.1. The van der Waals surface area contributed by atoms with Gasteiger partial charge in [0, 0.05) is 17.9 Å². The SMILES string of the molecule is Cc1cc(C)n(-c2ccc(NC(=O)C3CCCCN3C(=O)c3c(F)cccc3F)cc2)n1. The zero-order valence-electron chi connectivity index (χ0n) is 17.9. The molecule has 2 aromatic carbocycles. The highest BCUT2D eigenvalue weighted by Crippen LogP contribution is 2.24. The zero-order chi connectivity index (χ0) is 22.8. The Morgan fingerprint density at radius 2 is 1.72 bits per heavy atom. The van der Waals surface area contributed by atoms with E-state index in [2.05, 4.69) is 10.4 Å². The van der Waals surface area contributed by atoms with Crippen LogP contribution in [0.3, 0.4) is 0 Å². The van der Waals surface area contributed by atoms with Gasteiger partial charge in [-0.1, -0.05) is 6.07 Å². The van der Waals surface area contributed by atoms with Crippen molar-refractivity contribution in [2.24, 2.45) is 0 Å². The number of aromatic nitrogens is 2. The molecule has 32 heavy (non-hydrogen) atoms. The summed E-state index contributed by atoms with van der Waals surface area (Å²) >= 11 is 0. The fourth-order valence-corrected chi connectivity index (χ4v) is 4.09. The molecule has 1 N–H and O–H groups in total. The molecule has 1 fully saturated rings. The number of anilines is 1. The van der Waals surface area contributed by atoms with E-state index in [0.29, 0.717) is 18.5 Å². The summed E-state index contributed by atoms with van der Waals surface area (Å²) in [6, 6.07) is 11.7. The van der Waals surface area contributed by atoms with Gasteiger partial charge in [-0.2, -0.15) is 5.10 Å². The number of carbonyl (C=O) groups excluding carboxylic acids is 2. The molecule has 2 heterocycles. The van der Waals surface area contributed by atoms with Crippen molar-refractivity contribution in [2.45, 2.75) is 39.2 Å². The van der Waals surface area contributed by atoms with Crippen LogP contribution in [0.2, 0.25) is 0 Å². The number of likely N-dealkylation sites (tertiary alicyclic amines) is 1. The number of nitrogens with zero attached hydrogens (tertiary/aromatic N) is 3. The summed E-state index contributed by atoms with van der Waals surface area (Å²) in [6.07, 6.45) is 1.85. The van der Waals surface area contributed by atoms with Crippen LogP contribution in [0, 0.1) is 25.5 Å². The van der Waals surface area contributed by atoms with E-state index in [0.717, 1.165) is 35.6 Å². The average molecular weight is 438 g/mol. The molecule has 0 saturated carbocycles. The van der Waals surface area contributed by atoms with E-state index in [1.807, 2.05) is 36.7 Å². The molecule has 0 aliphatic carbocycles. The molecule has 6 nitrogen and oxygen atoms in total. The minimum atomic E-state index is -0.931. The Labute approximate surface area is 184 Å². The van der Waals surface area contributed by atoms with Crippen molar-refractivity contribution in [1.82, 2.24) is 14.7 Å². The number of hydrogen-bond acceptors (Lipinski definition) is 3. The van der Waals surface area contributed by atoms with Crippen LogP contribution < -0.4 is 5.32 Å². The molecule has 166 valence electrons. The van der Waals surface area contributed by atoms with Crippen molar-refractivity contribution in [2.75, 3.05) is 11.9 Å². The van der Waals surface area contributed by atoms with Crippen LogP contribution in [0.5, 0.6) is 0 Å². The Balaban J connectivity index is 1.51. The maximum absolute atomic E-state index is 14.1. The Kier molecular flexibility index (Phi) is 6.03. The zero-order valence-corrected chi connectivity index (χ0v) is 17.9. The van der Waals surface area contributed by atoms with E-state index in [1.54, 1.807) is 12.1 Å². The highest BCUT2D eigenvalue weighted by molar-refractivity contribution is 6.01. The van der Waals surface area contributed by atoms with E-state index >= 15 is 0 Å². The van der Waals surface area contributed by atoms with Crippen molar-refractivity contribution >= 4 is 17.5 Å². The number of benzene rings is 2. The Bertz CT molecular complexity index is 1140. The second kappa shape index (κ2) is 8.90. The van der Waals surface area contributed by atoms with Gasteiger partial charge in [0.05, 0.1) is 11.4 Å². The lowest BCUT2D eigenvalue weighted by Gasteiger charge is -2.34. The predicted molar refractivity (Wildman–Crippen MR) is 117 cm³/mol. The van der Waals surface area contributed by atoms with Crippen LogP contribution in [0.4, 0.5) is 14.5 Å². The lowest BCUT2D eigenvalue weighted by molar-refractivity contribution is -0.121. The van der Waals surface area contributed by atoms with Gasteiger partial charge in [-0.25, -0.2) is 13.5 Å². The molecular formula is C24H24F2N4O2. The summed E-state index contributed by atoms with van der Waals surface area (Å²) in [7, 11) is 0. The number of halogens is 2. The highest BCUT2D eigenvalue weighted by Gasteiger charge is 2.34. The Morgan fingerprint density at radius 1 is 1.03 bits per heavy atom. The van der Waals surface area contributed by atoms with Gasteiger partial charge in [0.2, 0.25) is 5.91 Å². The van der Waals surface area contributed by atoms with Gasteiger partial charge in [-0.3, -0.25) is 9.59 Å². The van der Waals surface area contributed by atoms with Crippen LogP contribution in [-0.4, -0.2) is 39.1 Å². The first-order chi connectivity index (χ1) is 15.3. The van der Waals surface area contributed by atoms with Crippen LogP contribution >= 0.6 is 0 Å². The summed E-state index contributed by atoms with van der Waals surface area (Å²) in [6.45, 7) is 4.15. The lowest BCUT2D eigenvalue weighted by Crippen LogP contribution is -2.50. The number of nitrogens with one attached hydrogen (secondary N) is 1. The Hall–Kier alpha value is -3.55. The molecule has 0 spiro atoms. The maximum atomic E-state index is 14.1. The van der Waals surface area contributed by atoms with Crippen LogP contribution in [0.15, 0.2) is 48.5 Å². The fraction of sp³-hybridized carbons (Fsp3) is 0.292. The van der Waals surface area contributed by atoms with Gasteiger partial charge in [0.25, 0.3) is 5.91 Å². The van der Waals surface area contributed by atoms with Gasteiger partial charge >= 0.3 is 0 Å². The van der Waals surface area contributed by atoms with E-state index in [-0.39, 0.29) is 12.5 Å². The van der Waals surface area contributed by atoms with Gasteiger partial charge in [-0.05, 0) is 75.6 Å². The molecule has 3 aromatic rings. The molecule has 8 heteroatoms. The molecule has 1 saturated heterocycles. The molecule has 1 aliphatic heterocycles. The van der Waals surface area contributed by atoms with Crippen molar-refractivity contribution < 1.29 is 18.4 Å². The van der Waals surface area contributed by atoms with Crippen LogP contribution in [0.1, 0.15) is 41.0 Å². The number of piperidine rings is 1. The smallest absolute Gasteiger partial charge is 0.260 e. The number of amides is 2. The van der Waals surface area contributed by atoms with Gasteiger partial charge in [-0.15, -0.1) is 0 Å². The number of hydrogen-bond donors (Lipinski definition) is 1. The number of carbonyl (C=O) groups is 2. The van der Waals surface area contributed by atoms with Gasteiger partial charge < -0.3 is 10.2 Å². The third-order valence-corrected chi connectivity index (χ3v) is 5.63. The first-order valence-electron chi connectivity index (χ1n) is 10.5. The molecule has 2 amide bonds. The molecule has 0 radical (unpaired) electrons. The van der Waals surface area contributed by atoms with Crippen molar-refractivity contribution in [3.8, 4) is 5.69 Å². The quantitative estimate of drug-likeness (QED) is 0.657. The topological polar surface area (TPSA) is 67.2 Å². The van der Waals surface area contributed by atoms with Gasteiger partial charge in [0.15, 0.2) is 0 Å². The van der Waals surface area contributed by atoms with Crippen LogP contribution in [0.25, 0.3) is 5.69 Å². The first-order valence-corrected chi connectivity index (χ1v) is 10.5. The maximum Gasteiger partial charge on any atom is 0.260 e. The van der Waals surface area contributed by atoms with Crippen molar-refractivity contribution in [1.29, 1.82) is 0 Å². The molecule has 1 unspecified atom stereocenters. The lowest BCUT2D eigenvalue weighted by atomic mass is 9.99.